The van der Waals surface area contributed by atoms with E-state index in [1.807, 2.05) is 0 Å². The topological polar surface area (TPSA) is 71.5 Å². The molecule has 5 nitrogen and oxygen atoms in total. The molecule has 0 radical (unpaired) electrons. The Morgan fingerprint density at radius 1 is 1.17 bits per heavy atom. The molecule has 1 fully saturated rings. The van der Waals surface area contributed by atoms with Gasteiger partial charge in [0.15, 0.2) is 0 Å². The summed E-state index contributed by atoms with van der Waals surface area (Å²) in [5, 5.41) is 2.90. The largest absolute Gasteiger partial charge is 0.467 e. The Morgan fingerprint density at radius 3 is 2.52 bits per heavy atom. The van der Waals surface area contributed by atoms with Crippen LogP contribution in [0.15, 0.2) is 41.0 Å². The van der Waals surface area contributed by atoms with E-state index in [0.717, 1.165) is 12.1 Å². The highest BCUT2D eigenvalue weighted by Gasteiger charge is 2.12. The van der Waals surface area contributed by atoms with Gasteiger partial charge < -0.3 is 15.5 Å². The number of amides is 1. The maximum absolute atomic E-state index is 12.0. The van der Waals surface area contributed by atoms with Crippen LogP contribution in [0.4, 0.5) is 0 Å². The van der Waals surface area contributed by atoms with Gasteiger partial charge >= 0.3 is 0 Å². The predicted octanol–water partition coefficient (Wildman–Crippen LogP) is 2.26. The van der Waals surface area contributed by atoms with Gasteiger partial charge in [0.2, 0.25) is 0 Å². The van der Waals surface area contributed by atoms with E-state index in [2.05, 4.69) is 34.5 Å². The summed E-state index contributed by atoms with van der Waals surface area (Å²) in [5.41, 5.74) is 8.39. The number of furan rings is 1. The van der Waals surface area contributed by atoms with Crippen molar-refractivity contribution in [2.45, 2.75) is 32.5 Å². The van der Waals surface area contributed by atoms with Gasteiger partial charge in [-0.1, -0.05) is 24.3 Å². The summed E-state index contributed by atoms with van der Waals surface area (Å²) in [4.78, 5) is 14.5. The Bertz CT molecular complexity index is 643. The van der Waals surface area contributed by atoms with Crippen molar-refractivity contribution >= 4 is 5.91 Å². The first-order valence-corrected chi connectivity index (χ1v) is 8.10. The zero-order valence-corrected chi connectivity index (χ0v) is 13.3. The van der Waals surface area contributed by atoms with E-state index in [1.165, 1.54) is 37.8 Å². The van der Waals surface area contributed by atoms with Crippen molar-refractivity contribution in [1.29, 1.82) is 0 Å². The van der Waals surface area contributed by atoms with Crippen molar-refractivity contribution in [1.82, 2.24) is 10.2 Å². The Kier molecular flexibility index (Phi) is 5.10. The second kappa shape index (κ2) is 7.44. The van der Waals surface area contributed by atoms with E-state index in [1.54, 1.807) is 6.07 Å². The fraction of sp³-hybridized carbons (Fsp3) is 0.389. The molecule has 2 heterocycles. The normalized spacial score (nSPS) is 15.0. The molecule has 0 atom stereocenters. The number of hydrogen-bond acceptors (Lipinski definition) is 4. The average molecular weight is 313 g/mol. The molecule has 3 rings (SSSR count). The predicted molar refractivity (Wildman–Crippen MR) is 88.7 cm³/mol. The number of rotatable bonds is 6. The number of benzene rings is 1. The van der Waals surface area contributed by atoms with Crippen molar-refractivity contribution < 1.29 is 9.21 Å². The highest BCUT2D eigenvalue weighted by atomic mass is 16.3. The summed E-state index contributed by atoms with van der Waals surface area (Å²) in [7, 11) is 0. The van der Waals surface area contributed by atoms with Gasteiger partial charge in [-0.05, 0) is 43.1 Å². The smallest absolute Gasteiger partial charge is 0.254 e. The lowest BCUT2D eigenvalue weighted by molar-refractivity contribution is 0.0950. The maximum atomic E-state index is 12.0. The van der Waals surface area contributed by atoms with Crippen LogP contribution in [-0.4, -0.2) is 23.9 Å². The first-order valence-electron chi connectivity index (χ1n) is 8.10. The summed E-state index contributed by atoms with van der Waals surface area (Å²) in [5.74, 6) is 0.469. The summed E-state index contributed by atoms with van der Waals surface area (Å²) in [6.45, 7) is 4.22. The second-order valence-electron chi connectivity index (χ2n) is 5.99. The average Bonchev–Trinajstić information content (AvgIpc) is 3.25. The van der Waals surface area contributed by atoms with Gasteiger partial charge in [-0.3, -0.25) is 9.69 Å². The molecule has 1 saturated heterocycles. The van der Waals surface area contributed by atoms with E-state index >= 15 is 0 Å². The van der Waals surface area contributed by atoms with Crippen LogP contribution in [0.2, 0.25) is 0 Å². The molecule has 1 amide bonds. The Balaban J connectivity index is 1.50. The minimum Gasteiger partial charge on any atom is -0.467 e. The molecule has 3 N–H and O–H groups in total. The van der Waals surface area contributed by atoms with Gasteiger partial charge in [-0.25, -0.2) is 0 Å². The van der Waals surface area contributed by atoms with Gasteiger partial charge in [-0.15, -0.1) is 0 Å². The summed E-state index contributed by atoms with van der Waals surface area (Å²) >= 11 is 0. The van der Waals surface area contributed by atoms with Crippen molar-refractivity contribution in [2.75, 3.05) is 13.1 Å². The molecule has 1 aromatic carbocycles. The first-order chi connectivity index (χ1) is 11.2. The number of carbonyl (C=O) groups is 1. The van der Waals surface area contributed by atoms with E-state index < -0.39 is 0 Å². The van der Waals surface area contributed by atoms with Gasteiger partial charge in [-0.2, -0.15) is 0 Å². The number of carbonyl (C=O) groups excluding carboxylic acids is 1. The third-order valence-corrected chi connectivity index (χ3v) is 4.20. The lowest BCUT2D eigenvalue weighted by Gasteiger charge is -2.14. The number of likely N-dealkylation sites (tertiary alicyclic amines) is 1. The third kappa shape index (κ3) is 4.21. The van der Waals surface area contributed by atoms with Crippen LogP contribution in [0.5, 0.6) is 0 Å². The molecule has 0 bridgehead atoms. The number of nitrogens with two attached hydrogens (primary N) is 1. The monoisotopic (exact) mass is 313 g/mol. The fourth-order valence-electron chi connectivity index (χ4n) is 2.85. The molecule has 0 aliphatic carbocycles. The Labute approximate surface area is 136 Å². The van der Waals surface area contributed by atoms with Crippen LogP contribution >= 0.6 is 0 Å². The molecular weight excluding hydrogens is 290 g/mol. The molecule has 122 valence electrons. The zero-order chi connectivity index (χ0) is 16.1. The summed E-state index contributed by atoms with van der Waals surface area (Å²) in [6, 6.07) is 10.1. The van der Waals surface area contributed by atoms with Crippen LogP contribution < -0.4 is 11.1 Å². The molecule has 0 saturated carbocycles. The van der Waals surface area contributed by atoms with E-state index in [4.69, 9.17) is 10.2 Å². The number of nitrogens with one attached hydrogen (secondary N) is 1. The highest BCUT2D eigenvalue weighted by molar-refractivity contribution is 5.93. The molecule has 0 spiro atoms. The van der Waals surface area contributed by atoms with Crippen LogP contribution in [0, 0.1) is 0 Å². The molecule has 1 aliphatic rings. The lowest BCUT2D eigenvalue weighted by atomic mass is 10.1. The van der Waals surface area contributed by atoms with Crippen molar-refractivity contribution in [2.24, 2.45) is 5.73 Å². The quantitative estimate of drug-likeness (QED) is 0.858. The fourth-order valence-corrected chi connectivity index (χ4v) is 2.85. The van der Waals surface area contributed by atoms with Crippen molar-refractivity contribution in [3.63, 3.8) is 0 Å². The van der Waals surface area contributed by atoms with Gasteiger partial charge in [0.05, 0.1) is 12.1 Å². The number of nitrogens with zero attached hydrogens (tertiary/aromatic N) is 1. The molecule has 0 unspecified atom stereocenters. The summed E-state index contributed by atoms with van der Waals surface area (Å²) in [6.07, 6.45) is 4.06. The van der Waals surface area contributed by atoms with E-state index in [-0.39, 0.29) is 5.91 Å². The number of hydrogen-bond donors (Lipinski definition) is 2. The highest BCUT2D eigenvalue weighted by Crippen LogP contribution is 2.13. The minimum absolute atomic E-state index is 0.144. The molecule has 2 aromatic rings. The zero-order valence-electron chi connectivity index (χ0n) is 13.3. The SMILES string of the molecule is NCc1cc(C(=O)NCc2ccc(CN3CCCC3)cc2)co1. The van der Waals surface area contributed by atoms with E-state index in [0.29, 0.717) is 24.4 Å². The lowest BCUT2D eigenvalue weighted by Crippen LogP contribution is -2.22. The molecule has 5 heteroatoms. The maximum Gasteiger partial charge on any atom is 0.254 e. The van der Waals surface area contributed by atoms with Crippen LogP contribution in [0.1, 0.15) is 40.1 Å². The standard InChI is InChI=1S/C18H23N3O2/c19-10-17-9-16(13-23-17)18(22)20-11-14-3-5-15(6-4-14)12-21-7-1-2-8-21/h3-6,9,13H,1-2,7-8,10-12,19H2,(H,20,22). The molecule has 23 heavy (non-hydrogen) atoms. The Morgan fingerprint density at radius 2 is 1.87 bits per heavy atom. The van der Waals surface area contributed by atoms with Crippen molar-refractivity contribution in [3.05, 3.63) is 59.0 Å². The minimum atomic E-state index is -0.144. The van der Waals surface area contributed by atoms with Crippen molar-refractivity contribution in [3.8, 4) is 0 Å². The van der Waals surface area contributed by atoms with Gasteiger partial charge in [0.1, 0.15) is 12.0 Å². The van der Waals surface area contributed by atoms with Gasteiger partial charge in [0.25, 0.3) is 5.91 Å². The van der Waals surface area contributed by atoms with Gasteiger partial charge in [0, 0.05) is 13.1 Å². The molecule has 1 aliphatic heterocycles. The van der Waals surface area contributed by atoms with Crippen LogP contribution in [0.25, 0.3) is 0 Å². The van der Waals surface area contributed by atoms with E-state index in [9.17, 15) is 4.79 Å². The van der Waals surface area contributed by atoms with Crippen LogP contribution in [-0.2, 0) is 19.6 Å². The Hall–Kier alpha value is -2.11. The second-order valence-corrected chi connectivity index (χ2v) is 5.99. The third-order valence-electron chi connectivity index (χ3n) is 4.20. The van der Waals surface area contributed by atoms with Crippen LogP contribution in [0.3, 0.4) is 0 Å². The summed E-state index contributed by atoms with van der Waals surface area (Å²) < 4.78 is 5.18. The molecular formula is C18H23N3O2. The molecule has 1 aromatic heterocycles. The first kappa shape index (κ1) is 15.8.